The molecule has 4 N–H and O–H groups in total. The van der Waals surface area contributed by atoms with Gasteiger partial charge in [0.25, 0.3) is 0 Å². The maximum atomic E-state index is 13.5. The van der Waals surface area contributed by atoms with E-state index in [1.807, 2.05) is 12.1 Å². The highest BCUT2D eigenvalue weighted by molar-refractivity contribution is 6.05. The van der Waals surface area contributed by atoms with E-state index in [4.69, 9.17) is 20.9 Å². The molecule has 1 aliphatic heterocycles. The van der Waals surface area contributed by atoms with Crippen LogP contribution in [0.1, 0.15) is 92.2 Å². The Balaban J connectivity index is 1.59. The van der Waals surface area contributed by atoms with Crippen LogP contribution in [-0.4, -0.2) is 47.1 Å². The van der Waals surface area contributed by atoms with Gasteiger partial charge in [0, 0.05) is 41.8 Å². The van der Waals surface area contributed by atoms with Gasteiger partial charge in [-0.1, -0.05) is 26.8 Å². The average molecular weight is 492 g/mol. The van der Waals surface area contributed by atoms with Gasteiger partial charge >= 0.3 is 0 Å². The first kappa shape index (κ1) is 25.8. The molecule has 192 valence electrons. The molecule has 1 saturated carbocycles. The number of nitrogens with two attached hydrogens (primary N) is 1. The van der Waals surface area contributed by atoms with Crippen LogP contribution in [0.15, 0.2) is 24.3 Å². The predicted octanol–water partition coefficient (Wildman–Crippen LogP) is 4.36. The minimum Gasteiger partial charge on any atom is -0.491 e. The Bertz CT molecular complexity index is 1180. The normalized spacial score (nSPS) is 15.1. The number of anilines is 1. The van der Waals surface area contributed by atoms with Gasteiger partial charge in [-0.3, -0.25) is 15.0 Å². The molecule has 0 radical (unpaired) electrons. The summed E-state index contributed by atoms with van der Waals surface area (Å²) < 4.78 is 6.13. The summed E-state index contributed by atoms with van der Waals surface area (Å²) in [5, 5.41) is 11.5. The summed E-state index contributed by atoms with van der Waals surface area (Å²) in [5.41, 5.74) is 9.81. The zero-order valence-electron chi connectivity index (χ0n) is 21.7. The van der Waals surface area contributed by atoms with Crippen LogP contribution in [0.25, 0.3) is 0 Å². The lowest BCUT2D eigenvalue weighted by Crippen LogP contribution is -2.31. The number of amides is 1. The van der Waals surface area contributed by atoms with E-state index in [9.17, 15) is 9.59 Å². The van der Waals surface area contributed by atoms with E-state index in [2.05, 4.69) is 32.2 Å². The van der Waals surface area contributed by atoms with Crippen LogP contribution in [0.3, 0.4) is 0 Å². The van der Waals surface area contributed by atoms with Crippen molar-refractivity contribution in [3.63, 3.8) is 0 Å². The van der Waals surface area contributed by atoms with Gasteiger partial charge in [-0.2, -0.15) is 0 Å². The van der Waals surface area contributed by atoms with Gasteiger partial charge in [0.15, 0.2) is 5.78 Å². The number of benzene rings is 1. The van der Waals surface area contributed by atoms with Crippen LogP contribution in [0.4, 0.5) is 5.69 Å². The quantitative estimate of drug-likeness (QED) is 0.335. The monoisotopic (exact) mass is 491 g/mol. The Kier molecular flexibility index (Phi) is 7.45. The molecule has 1 fully saturated rings. The first-order chi connectivity index (χ1) is 17.1. The second kappa shape index (κ2) is 10.4. The zero-order valence-corrected chi connectivity index (χ0v) is 21.7. The van der Waals surface area contributed by atoms with Gasteiger partial charge in [-0.05, 0) is 55.8 Å². The van der Waals surface area contributed by atoms with Crippen molar-refractivity contribution in [1.29, 1.82) is 5.41 Å². The van der Waals surface area contributed by atoms with Crippen LogP contribution < -0.4 is 15.8 Å². The molecule has 1 aliphatic carbocycles. The van der Waals surface area contributed by atoms with E-state index in [0.717, 1.165) is 42.5 Å². The average Bonchev–Trinajstić information content (AvgIpc) is 3.61. The van der Waals surface area contributed by atoms with Crippen molar-refractivity contribution in [2.24, 2.45) is 5.73 Å². The molecule has 1 amide bonds. The summed E-state index contributed by atoms with van der Waals surface area (Å²) >= 11 is 0. The van der Waals surface area contributed by atoms with E-state index in [1.165, 1.54) is 6.92 Å². The van der Waals surface area contributed by atoms with Crippen LogP contribution in [-0.2, 0) is 16.8 Å². The molecule has 2 aliphatic rings. The number of unbranched alkanes of at least 4 members (excludes halogenated alkanes) is 1. The van der Waals surface area contributed by atoms with Crippen molar-refractivity contribution in [3.8, 4) is 5.75 Å². The number of Topliss-reactive ketones (excluding diaryl/α,β-unsaturated/α-hetero) is 1. The molecule has 1 aromatic carbocycles. The number of ketones is 1. The number of fused-ring (bicyclic) bond motifs is 1. The smallest absolute Gasteiger partial charge is 0.221 e. The molecule has 0 saturated heterocycles. The fraction of sp³-hybridized carbons (Fsp3) is 0.500. The highest BCUT2D eigenvalue weighted by Gasteiger charge is 2.32. The van der Waals surface area contributed by atoms with Crippen molar-refractivity contribution in [1.82, 2.24) is 9.88 Å². The van der Waals surface area contributed by atoms with E-state index in [0.29, 0.717) is 54.1 Å². The molecule has 8 nitrogen and oxygen atoms in total. The SMILES string of the molecule is CC(=O)Nc1cc(C(=O)CN2Cc3ccc(C4CC4)nc3C2=N)cc(C(C)(C)C)c1OCCCCN. The third kappa shape index (κ3) is 5.75. The third-order valence-corrected chi connectivity index (χ3v) is 6.61. The number of ether oxygens (including phenoxy) is 1. The summed E-state index contributed by atoms with van der Waals surface area (Å²) in [6.07, 6.45) is 3.95. The molecule has 2 heterocycles. The Labute approximate surface area is 213 Å². The van der Waals surface area contributed by atoms with E-state index < -0.39 is 0 Å². The van der Waals surface area contributed by atoms with Gasteiger partial charge in [0.2, 0.25) is 5.91 Å². The van der Waals surface area contributed by atoms with Crippen molar-refractivity contribution >= 4 is 23.2 Å². The number of rotatable bonds is 10. The zero-order chi connectivity index (χ0) is 26.0. The van der Waals surface area contributed by atoms with E-state index in [-0.39, 0.29) is 23.7 Å². The summed E-state index contributed by atoms with van der Waals surface area (Å²) in [4.78, 5) is 32.0. The summed E-state index contributed by atoms with van der Waals surface area (Å²) in [7, 11) is 0. The van der Waals surface area contributed by atoms with Crippen LogP contribution in [0.5, 0.6) is 5.75 Å². The van der Waals surface area contributed by atoms with Crippen LogP contribution in [0.2, 0.25) is 0 Å². The molecule has 0 bridgehead atoms. The van der Waals surface area contributed by atoms with Crippen LogP contribution in [0, 0.1) is 5.41 Å². The first-order valence-electron chi connectivity index (χ1n) is 12.7. The molecular weight excluding hydrogens is 454 g/mol. The summed E-state index contributed by atoms with van der Waals surface area (Å²) in [6.45, 7) is 9.21. The third-order valence-electron chi connectivity index (χ3n) is 6.61. The number of carbonyl (C=O) groups excluding carboxylic acids is 2. The van der Waals surface area contributed by atoms with E-state index >= 15 is 0 Å². The van der Waals surface area contributed by atoms with Gasteiger partial charge in [-0.15, -0.1) is 0 Å². The van der Waals surface area contributed by atoms with Gasteiger partial charge in [0.05, 0.1) is 18.8 Å². The summed E-state index contributed by atoms with van der Waals surface area (Å²) in [6, 6.07) is 7.64. The highest BCUT2D eigenvalue weighted by Crippen LogP contribution is 2.40. The van der Waals surface area contributed by atoms with Crippen molar-refractivity contribution < 1.29 is 14.3 Å². The largest absolute Gasteiger partial charge is 0.491 e. The maximum absolute atomic E-state index is 13.5. The van der Waals surface area contributed by atoms with Gasteiger partial charge < -0.3 is 20.7 Å². The lowest BCUT2D eigenvalue weighted by atomic mass is 9.84. The van der Waals surface area contributed by atoms with E-state index in [1.54, 1.807) is 11.0 Å². The molecule has 2 aromatic rings. The standard InChI is InChI=1S/C28H37N5O3/c1-17(34)31-23-14-20(13-21(28(2,3)4)26(23)36-12-6-5-11-29)24(35)16-33-15-19-9-10-22(18-7-8-18)32-25(19)27(33)30/h9-10,13-14,18,30H,5-8,11-12,15-16,29H2,1-4H3,(H,31,34). The second-order valence-corrected chi connectivity index (χ2v) is 10.8. The minimum atomic E-state index is -0.327. The first-order valence-corrected chi connectivity index (χ1v) is 12.7. The molecular formula is C28H37N5O3. The Morgan fingerprint density at radius 2 is 1.97 bits per heavy atom. The number of hydrogen-bond donors (Lipinski definition) is 3. The number of carbonyl (C=O) groups is 2. The summed E-state index contributed by atoms with van der Waals surface area (Å²) in [5.74, 6) is 1.03. The minimum absolute atomic E-state index is 0.0632. The number of nitrogens with zero attached hydrogens (tertiary/aromatic N) is 2. The Hall–Kier alpha value is -3.26. The highest BCUT2D eigenvalue weighted by atomic mass is 16.5. The van der Waals surface area contributed by atoms with Crippen molar-refractivity contribution in [3.05, 3.63) is 52.3 Å². The second-order valence-electron chi connectivity index (χ2n) is 10.8. The number of nitrogens with one attached hydrogen (secondary N) is 2. The van der Waals surface area contributed by atoms with Crippen molar-refractivity contribution in [2.75, 3.05) is 25.0 Å². The molecule has 0 atom stereocenters. The topological polar surface area (TPSA) is 121 Å². The number of pyridine rings is 1. The molecule has 4 rings (SSSR count). The van der Waals surface area contributed by atoms with Gasteiger partial charge in [-0.25, -0.2) is 4.98 Å². The molecule has 0 spiro atoms. The number of hydrogen-bond acceptors (Lipinski definition) is 6. The molecule has 0 unspecified atom stereocenters. The molecule has 1 aromatic heterocycles. The Morgan fingerprint density at radius 1 is 1.22 bits per heavy atom. The van der Waals surface area contributed by atoms with Crippen molar-refractivity contribution in [2.45, 2.75) is 71.3 Å². The lowest BCUT2D eigenvalue weighted by Gasteiger charge is -2.26. The maximum Gasteiger partial charge on any atom is 0.221 e. The fourth-order valence-corrected chi connectivity index (χ4v) is 4.48. The number of amidine groups is 1. The molecule has 8 heteroatoms. The number of aromatic nitrogens is 1. The fourth-order valence-electron chi connectivity index (χ4n) is 4.48. The van der Waals surface area contributed by atoms with Gasteiger partial charge in [0.1, 0.15) is 17.3 Å². The Morgan fingerprint density at radius 3 is 2.61 bits per heavy atom. The predicted molar refractivity (Wildman–Crippen MR) is 141 cm³/mol. The van der Waals surface area contributed by atoms with Crippen LogP contribution >= 0.6 is 0 Å². The molecule has 36 heavy (non-hydrogen) atoms. The lowest BCUT2D eigenvalue weighted by molar-refractivity contribution is -0.114.